The lowest BCUT2D eigenvalue weighted by atomic mass is 9.83. The highest BCUT2D eigenvalue weighted by Crippen LogP contribution is 2.37. The smallest absolute Gasteiger partial charge is 0.0214 e. The third-order valence-electron chi connectivity index (χ3n) is 4.13. The maximum absolute atomic E-state index is 3.85. The van der Waals surface area contributed by atoms with Crippen LogP contribution in [0.3, 0.4) is 0 Å². The summed E-state index contributed by atoms with van der Waals surface area (Å²) in [6.45, 7) is 0. The van der Waals surface area contributed by atoms with Crippen molar-refractivity contribution in [2.45, 2.75) is 36.4 Å². The monoisotopic (exact) mass is 314 g/mol. The van der Waals surface area contributed by atoms with E-state index in [0.717, 1.165) is 0 Å². The molecule has 0 amide bonds. The van der Waals surface area contributed by atoms with Crippen molar-refractivity contribution in [1.82, 2.24) is 0 Å². The van der Waals surface area contributed by atoms with Gasteiger partial charge in [-0.25, -0.2) is 0 Å². The van der Waals surface area contributed by atoms with E-state index >= 15 is 0 Å². The van der Waals surface area contributed by atoms with Crippen LogP contribution in [-0.2, 0) is 0 Å². The maximum atomic E-state index is 3.85. The van der Waals surface area contributed by atoms with Crippen LogP contribution in [0.4, 0.5) is 0 Å². The van der Waals surface area contributed by atoms with Crippen molar-refractivity contribution in [2.24, 2.45) is 0 Å². The SMILES string of the molecule is BrC1CCCCC1c1ccc(-c2ccccc2)cc1. The average Bonchev–Trinajstić information content (AvgIpc) is 2.49. The van der Waals surface area contributed by atoms with E-state index in [1.165, 1.54) is 42.4 Å². The van der Waals surface area contributed by atoms with Gasteiger partial charge < -0.3 is 0 Å². The van der Waals surface area contributed by atoms with Crippen LogP contribution in [0.2, 0.25) is 0 Å². The van der Waals surface area contributed by atoms with E-state index in [0.29, 0.717) is 10.7 Å². The second-order valence-corrected chi connectivity index (χ2v) is 6.57. The summed E-state index contributed by atoms with van der Waals surface area (Å²) in [6.07, 6.45) is 5.37. The van der Waals surface area contributed by atoms with Gasteiger partial charge in [-0.05, 0) is 35.4 Å². The molecule has 0 heterocycles. The third kappa shape index (κ3) is 2.92. The molecule has 1 aliphatic rings. The molecule has 1 fully saturated rings. The molecule has 0 bridgehead atoms. The molecule has 2 unspecified atom stereocenters. The van der Waals surface area contributed by atoms with Crippen LogP contribution < -0.4 is 0 Å². The number of hydrogen-bond acceptors (Lipinski definition) is 0. The Morgan fingerprint density at radius 3 is 2.05 bits per heavy atom. The van der Waals surface area contributed by atoms with Crippen LogP contribution in [0, 0.1) is 0 Å². The molecule has 1 aliphatic carbocycles. The number of rotatable bonds is 2. The van der Waals surface area contributed by atoms with Crippen molar-refractivity contribution >= 4 is 15.9 Å². The van der Waals surface area contributed by atoms with Crippen molar-refractivity contribution in [1.29, 1.82) is 0 Å². The van der Waals surface area contributed by atoms with E-state index in [-0.39, 0.29) is 0 Å². The quantitative estimate of drug-likeness (QED) is 0.617. The number of benzene rings is 2. The van der Waals surface area contributed by atoms with Crippen LogP contribution in [0.5, 0.6) is 0 Å². The van der Waals surface area contributed by atoms with Crippen molar-refractivity contribution in [2.75, 3.05) is 0 Å². The molecule has 0 aliphatic heterocycles. The van der Waals surface area contributed by atoms with E-state index in [9.17, 15) is 0 Å². The molecule has 2 aromatic carbocycles. The van der Waals surface area contributed by atoms with Crippen LogP contribution in [0.25, 0.3) is 11.1 Å². The minimum atomic E-state index is 0.656. The largest absolute Gasteiger partial charge is 0.0884 e. The lowest BCUT2D eigenvalue weighted by molar-refractivity contribution is 0.461. The average molecular weight is 315 g/mol. The molecule has 0 spiro atoms. The molecule has 0 aromatic heterocycles. The van der Waals surface area contributed by atoms with E-state index < -0.39 is 0 Å². The Morgan fingerprint density at radius 1 is 0.737 bits per heavy atom. The van der Waals surface area contributed by atoms with Gasteiger partial charge in [0, 0.05) is 4.83 Å². The number of alkyl halides is 1. The van der Waals surface area contributed by atoms with E-state index in [4.69, 9.17) is 0 Å². The molecule has 19 heavy (non-hydrogen) atoms. The highest BCUT2D eigenvalue weighted by molar-refractivity contribution is 9.09. The molecule has 0 nitrogen and oxygen atoms in total. The third-order valence-corrected chi connectivity index (χ3v) is 5.22. The van der Waals surface area contributed by atoms with Gasteiger partial charge in [-0.1, -0.05) is 83.4 Å². The molecule has 98 valence electrons. The summed E-state index contributed by atoms with van der Waals surface area (Å²) in [5, 5.41) is 0. The zero-order valence-electron chi connectivity index (χ0n) is 11.1. The van der Waals surface area contributed by atoms with Crippen molar-refractivity contribution in [3.8, 4) is 11.1 Å². The van der Waals surface area contributed by atoms with Gasteiger partial charge in [0.05, 0.1) is 0 Å². The Hall–Kier alpha value is -1.08. The zero-order chi connectivity index (χ0) is 13.1. The maximum Gasteiger partial charge on any atom is 0.0214 e. The summed E-state index contributed by atoms with van der Waals surface area (Å²) in [7, 11) is 0. The fourth-order valence-electron chi connectivity index (χ4n) is 3.01. The zero-order valence-corrected chi connectivity index (χ0v) is 12.6. The highest BCUT2D eigenvalue weighted by atomic mass is 79.9. The summed E-state index contributed by atoms with van der Waals surface area (Å²) >= 11 is 3.85. The molecular formula is C18H19Br. The summed E-state index contributed by atoms with van der Waals surface area (Å²) in [5.41, 5.74) is 4.10. The Bertz CT molecular complexity index is 515. The fraction of sp³-hybridized carbons (Fsp3) is 0.333. The number of halogens is 1. The summed E-state index contributed by atoms with van der Waals surface area (Å²) in [6, 6.07) is 19.7. The highest BCUT2D eigenvalue weighted by Gasteiger charge is 2.23. The topological polar surface area (TPSA) is 0 Å². The van der Waals surface area contributed by atoms with Gasteiger partial charge in [-0.2, -0.15) is 0 Å². The standard InChI is InChI=1S/C18H19Br/c19-18-9-5-4-8-17(18)16-12-10-15(11-13-16)14-6-2-1-3-7-14/h1-3,6-7,10-13,17-18H,4-5,8-9H2. The minimum absolute atomic E-state index is 0.656. The predicted octanol–water partition coefficient (Wildman–Crippen LogP) is 5.77. The Morgan fingerprint density at radius 2 is 1.37 bits per heavy atom. The first-order valence-corrected chi connectivity index (χ1v) is 8.05. The molecule has 2 atom stereocenters. The van der Waals surface area contributed by atoms with E-state index in [2.05, 4.69) is 70.5 Å². The van der Waals surface area contributed by atoms with Crippen LogP contribution in [0.15, 0.2) is 54.6 Å². The number of hydrogen-bond donors (Lipinski definition) is 0. The van der Waals surface area contributed by atoms with Gasteiger partial charge in [-0.15, -0.1) is 0 Å². The van der Waals surface area contributed by atoms with Crippen LogP contribution in [-0.4, -0.2) is 4.83 Å². The molecule has 3 rings (SSSR count). The second kappa shape index (κ2) is 5.92. The van der Waals surface area contributed by atoms with Crippen LogP contribution in [0.1, 0.15) is 37.2 Å². The van der Waals surface area contributed by atoms with Gasteiger partial charge in [0.2, 0.25) is 0 Å². The van der Waals surface area contributed by atoms with Gasteiger partial charge in [0.1, 0.15) is 0 Å². The van der Waals surface area contributed by atoms with Crippen molar-refractivity contribution in [3.05, 3.63) is 60.2 Å². The fourth-order valence-corrected chi connectivity index (χ4v) is 3.91. The molecule has 2 aromatic rings. The first-order valence-electron chi connectivity index (χ1n) is 7.14. The molecule has 0 radical (unpaired) electrons. The van der Waals surface area contributed by atoms with E-state index in [1.54, 1.807) is 0 Å². The normalized spacial score (nSPS) is 23.2. The first-order chi connectivity index (χ1) is 9.34. The Kier molecular flexibility index (Phi) is 4.03. The van der Waals surface area contributed by atoms with E-state index in [1.807, 2.05) is 0 Å². The summed E-state index contributed by atoms with van der Waals surface area (Å²) < 4.78 is 0. The minimum Gasteiger partial charge on any atom is -0.0884 e. The van der Waals surface area contributed by atoms with Gasteiger partial charge in [-0.3, -0.25) is 0 Å². The summed E-state index contributed by atoms with van der Waals surface area (Å²) in [5.74, 6) is 0.693. The molecule has 0 N–H and O–H groups in total. The van der Waals surface area contributed by atoms with Gasteiger partial charge in [0.15, 0.2) is 0 Å². The van der Waals surface area contributed by atoms with Crippen molar-refractivity contribution in [3.63, 3.8) is 0 Å². The predicted molar refractivity (Wildman–Crippen MR) is 85.8 cm³/mol. The Balaban J connectivity index is 1.83. The lowest BCUT2D eigenvalue weighted by Crippen LogP contribution is -2.17. The Labute approximate surface area is 124 Å². The summed E-state index contributed by atoms with van der Waals surface area (Å²) in [4.78, 5) is 0.656. The molecule has 0 saturated heterocycles. The van der Waals surface area contributed by atoms with Crippen molar-refractivity contribution < 1.29 is 0 Å². The second-order valence-electron chi connectivity index (χ2n) is 5.39. The van der Waals surface area contributed by atoms with Gasteiger partial charge in [0.25, 0.3) is 0 Å². The molecule has 1 saturated carbocycles. The molecule has 1 heteroatoms. The molecular weight excluding hydrogens is 296 g/mol. The first kappa shape index (κ1) is 12.9. The lowest BCUT2D eigenvalue weighted by Gasteiger charge is -2.27. The van der Waals surface area contributed by atoms with Gasteiger partial charge >= 0.3 is 0 Å². The van der Waals surface area contributed by atoms with Crippen LogP contribution >= 0.6 is 15.9 Å².